The fourth-order valence-corrected chi connectivity index (χ4v) is 6.72. The van der Waals surface area contributed by atoms with Crippen LogP contribution < -0.4 is 58.4 Å². The minimum atomic E-state index is -1.03. The summed E-state index contributed by atoms with van der Waals surface area (Å²) in [6.07, 6.45) is 7.12. The van der Waals surface area contributed by atoms with E-state index < -0.39 is 5.97 Å². The lowest BCUT2D eigenvalue weighted by Crippen LogP contribution is -2.23. The number of amides is 1. The van der Waals surface area contributed by atoms with Crippen LogP contribution in [0, 0.1) is 0 Å². The molecule has 15 nitrogen and oxygen atoms in total. The average Bonchev–Trinajstić information content (AvgIpc) is 3.41. The van der Waals surface area contributed by atoms with Crippen molar-refractivity contribution in [3.63, 3.8) is 0 Å². The van der Waals surface area contributed by atoms with Crippen LogP contribution >= 0.6 is 0 Å². The van der Waals surface area contributed by atoms with Crippen LogP contribution in [0.25, 0.3) is 12.2 Å². The highest BCUT2D eigenvalue weighted by atomic mass is 16.5. The highest BCUT2D eigenvalue weighted by molar-refractivity contribution is 5.92. The number of carboxylic acids is 1. The lowest BCUT2D eigenvalue weighted by molar-refractivity contribution is -0.131. The molecule has 71 heavy (non-hydrogen) atoms. The van der Waals surface area contributed by atoms with Gasteiger partial charge in [0, 0.05) is 30.3 Å². The molecule has 0 spiro atoms. The zero-order valence-corrected chi connectivity index (χ0v) is 41.5. The molecule has 0 aliphatic rings. The second kappa shape index (κ2) is 30.2. The van der Waals surface area contributed by atoms with Crippen molar-refractivity contribution >= 4 is 24.0 Å². The van der Waals surface area contributed by atoms with E-state index in [-0.39, 0.29) is 5.91 Å². The highest BCUT2D eigenvalue weighted by Crippen LogP contribution is 2.39. The van der Waals surface area contributed by atoms with Crippen molar-refractivity contribution in [2.24, 2.45) is 5.73 Å². The molecule has 6 aromatic rings. The Morgan fingerprint density at radius 1 is 0.479 bits per heavy atom. The number of aliphatic carboxylic acids is 1. The van der Waals surface area contributed by atoms with Crippen LogP contribution in [0.1, 0.15) is 33.4 Å². The molecule has 0 radical (unpaired) electrons. The molecule has 0 fully saturated rings. The molecule has 6 aromatic carbocycles. The average molecular weight is 973 g/mol. The van der Waals surface area contributed by atoms with Gasteiger partial charge in [-0.05, 0) is 102 Å². The second-order valence-electron chi connectivity index (χ2n) is 15.0. The second-order valence-corrected chi connectivity index (χ2v) is 15.0. The topological polar surface area (TPSA) is 185 Å². The van der Waals surface area contributed by atoms with Gasteiger partial charge in [-0.25, -0.2) is 4.79 Å². The SMILES string of the molecule is COc1cc(OC)c(OC)cc1/C=C/C(=O)O.COc1ccc(CCN)cc1OCc1ccccc1.COc1ccc(CCNC(=O)/C=C/c2cc(OC)c(OC)c(OC)c2)cc1OCc1ccccc1. The molecular weight excluding hydrogens is 909 g/mol. The van der Waals surface area contributed by atoms with Gasteiger partial charge in [-0.1, -0.05) is 72.8 Å². The van der Waals surface area contributed by atoms with Gasteiger partial charge in [0.05, 0.1) is 56.9 Å². The van der Waals surface area contributed by atoms with Crippen molar-refractivity contribution in [2.75, 3.05) is 70.0 Å². The number of hydrogen-bond donors (Lipinski definition) is 3. The number of hydrogen-bond acceptors (Lipinski definition) is 13. The van der Waals surface area contributed by atoms with Crippen LogP contribution in [0.15, 0.2) is 133 Å². The molecule has 1 amide bonds. The fraction of sp³-hybridized carbons (Fsp3) is 0.250. The zero-order chi connectivity index (χ0) is 51.4. The van der Waals surface area contributed by atoms with E-state index in [4.69, 9.17) is 58.2 Å². The highest BCUT2D eigenvalue weighted by Gasteiger charge is 2.14. The van der Waals surface area contributed by atoms with Crippen molar-refractivity contribution < 1.29 is 62.1 Å². The molecule has 15 heteroatoms. The van der Waals surface area contributed by atoms with E-state index in [9.17, 15) is 9.59 Å². The molecule has 0 heterocycles. The Labute approximate surface area is 416 Å². The van der Waals surface area contributed by atoms with Crippen molar-refractivity contribution in [1.29, 1.82) is 0 Å². The maximum atomic E-state index is 12.3. The number of carbonyl (C=O) groups excluding carboxylic acids is 1. The third-order valence-electron chi connectivity index (χ3n) is 10.3. The third kappa shape index (κ3) is 17.9. The van der Waals surface area contributed by atoms with E-state index in [1.165, 1.54) is 33.5 Å². The quantitative estimate of drug-likeness (QED) is 0.0516. The van der Waals surface area contributed by atoms with Crippen LogP contribution in [0.5, 0.6) is 57.5 Å². The Bertz CT molecular complexity index is 2610. The Morgan fingerprint density at radius 3 is 1.41 bits per heavy atom. The molecule has 0 saturated heterocycles. The summed E-state index contributed by atoms with van der Waals surface area (Å²) in [5.74, 6) is 4.72. The van der Waals surface area contributed by atoms with Gasteiger partial charge < -0.3 is 63.5 Å². The molecule has 0 aromatic heterocycles. The fourth-order valence-electron chi connectivity index (χ4n) is 6.72. The molecule has 0 aliphatic carbocycles. The first-order chi connectivity index (χ1) is 34.5. The lowest BCUT2D eigenvalue weighted by atomic mass is 10.1. The Morgan fingerprint density at radius 2 is 0.958 bits per heavy atom. The first kappa shape index (κ1) is 55.3. The molecule has 4 N–H and O–H groups in total. The van der Waals surface area contributed by atoms with E-state index in [1.54, 1.807) is 65.9 Å². The maximum Gasteiger partial charge on any atom is 0.328 e. The largest absolute Gasteiger partial charge is 0.496 e. The number of carbonyl (C=O) groups is 2. The van der Waals surface area contributed by atoms with Crippen molar-refractivity contribution in [3.8, 4) is 57.5 Å². The van der Waals surface area contributed by atoms with Crippen LogP contribution in [0.3, 0.4) is 0 Å². The maximum absolute atomic E-state index is 12.3. The van der Waals surface area contributed by atoms with Crippen molar-refractivity contribution in [3.05, 3.63) is 167 Å². The monoisotopic (exact) mass is 972 g/mol. The summed E-state index contributed by atoms with van der Waals surface area (Å²) in [5, 5.41) is 11.5. The summed E-state index contributed by atoms with van der Waals surface area (Å²) in [7, 11) is 12.4. The Balaban J connectivity index is 0.000000256. The lowest BCUT2D eigenvalue weighted by Gasteiger charge is -2.13. The van der Waals surface area contributed by atoms with E-state index in [0.717, 1.165) is 51.8 Å². The minimum absolute atomic E-state index is 0.201. The van der Waals surface area contributed by atoms with E-state index in [2.05, 4.69) is 5.32 Å². The number of carboxylic acid groups (broad SMARTS) is 1. The van der Waals surface area contributed by atoms with Gasteiger partial charge in [-0.15, -0.1) is 0 Å². The number of methoxy groups -OCH3 is 8. The number of benzene rings is 6. The molecule has 0 unspecified atom stereocenters. The van der Waals surface area contributed by atoms with Crippen LogP contribution in [0.2, 0.25) is 0 Å². The van der Waals surface area contributed by atoms with Gasteiger partial charge in [0.25, 0.3) is 0 Å². The minimum Gasteiger partial charge on any atom is -0.496 e. The molecule has 6 rings (SSSR count). The van der Waals surface area contributed by atoms with Gasteiger partial charge in [0.1, 0.15) is 19.0 Å². The molecule has 0 atom stereocenters. The first-order valence-corrected chi connectivity index (χ1v) is 22.4. The predicted molar refractivity (Wildman–Crippen MR) is 275 cm³/mol. The van der Waals surface area contributed by atoms with E-state index in [1.807, 2.05) is 97.1 Å². The number of nitrogens with one attached hydrogen (secondary N) is 1. The van der Waals surface area contributed by atoms with Gasteiger partial charge in [0.2, 0.25) is 11.7 Å². The normalized spacial score (nSPS) is 10.4. The number of ether oxygens (including phenoxy) is 10. The summed E-state index contributed by atoms with van der Waals surface area (Å²) >= 11 is 0. The van der Waals surface area contributed by atoms with Crippen LogP contribution in [0.4, 0.5) is 0 Å². The van der Waals surface area contributed by atoms with E-state index in [0.29, 0.717) is 84.3 Å². The number of nitrogens with two attached hydrogens (primary N) is 1. The molecule has 0 saturated carbocycles. The summed E-state index contributed by atoms with van der Waals surface area (Å²) in [5.41, 5.74) is 11.3. The summed E-state index contributed by atoms with van der Waals surface area (Å²) in [4.78, 5) is 22.8. The Hall–Kier alpha value is -8.30. The van der Waals surface area contributed by atoms with Gasteiger partial charge in [0.15, 0.2) is 46.0 Å². The summed E-state index contributed by atoms with van der Waals surface area (Å²) < 4.78 is 53.9. The predicted octanol–water partition coefficient (Wildman–Crippen LogP) is 9.26. The van der Waals surface area contributed by atoms with Gasteiger partial charge in [-0.2, -0.15) is 0 Å². The Kier molecular flexibility index (Phi) is 23.6. The number of rotatable bonds is 23. The van der Waals surface area contributed by atoms with Gasteiger partial charge in [-0.3, -0.25) is 4.79 Å². The van der Waals surface area contributed by atoms with Gasteiger partial charge >= 0.3 is 5.97 Å². The van der Waals surface area contributed by atoms with Crippen LogP contribution in [-0.2, 0) is 35.6 Å². The standard InChI is InChI=1S/C28H31NO6.C16H19NO2.C12H14O5/c1-31-23-12-10-20(16-24(23)35-19-21-8-6-5-7-9-21)14-15-29-27(30)13-11-22-17-25(32-2)28(34-4)26(18-22)33-3;1-18-15-8-7-13(9-10-17)11-16(15)19-12-14-5-3-2-4-6-14;1-15-9-7-11(17-3)10(16-2)6-8(9)4-5-12(13)14/h5-13,16-18H,14-15,19H2,1-4H3,(H,29,30);2-8,11H,9-10,12,17H2,1H3;4-7H,1-3H3,(H,13,14)/b13-11+;;5-4+. The van der Waals surface area contributed by atoms with Crippen molar-refractivity contribution in [1.82, 2.24) is 5.32 Å². The smallest absolute Gasteiger partial charge is 0.328 e. The summed E-state index contributed by atoms with van der Waals surface area (Å²) in [6, 6.07) is 38.6. The first-order valence-electron chi connectivity index (χ1n) is 22.4. The zero-order valence-electron chi connectivity index (χ0n) is 41.5. The van der Waals surface area contributed by atoms with Crippen LogP contribution in [-0.4, -0.2) is 87.0 Å². The third-order valence-corrected chi connectivity index (χ3v) is 10.3. The summed E-state index contributed by atoms with van der Waals surface area (Å²) in [6.45, 7) is 2.08. The molecule has 376 valence electrons. The molecule has 0 aliphatic heterocycles. The molecular formula is C56H64N2O13. The van der Waals surface area contributed by atoms with Crippen molar-refractivity contribution in [2.45, 2.75) is 26.1 Å². The van der Waals surface area contributed by atoms with E-state index >= 15 is 0 Å². The molecule has 0 bridgehead atoms.